The van der Waals surface area contributed by atoms with Gasteiger partial charge in [0.15, 0.2) is 12.0 Å². The Balaban J connectivity index is 2.61. The maximum atomic E-state index is 13.7. The molecule has 0 aliphatic carbocycles. The summed E-state index contributed by atoms with van der Waals surface area (Å²) in [7, 11) is 0. The molecule has 0 heterocycles. The molecular weight excluding hydrogens is 205 g/mol. The van der Waals surface area contributed by atoms with Crippen molar-refractivity contribution in [3.8, 4) is 0 Å². The molecule has 0 radical (unpaired) electrons. The van der Waals surface area contributed by atoms with E-state index < -0.39 is 12.0 Å². The van der Waals surface area contributed by atoms with Crippen molar-refractivity contribution < 1.29 is 9.18 Å². The number of hydrogen-bond acceptors (Lipinski definition) is 2. The summed E-state index contributed by atoms with van der Waals surface area (Å²) in [5.74, 6) is -0.424. The number of hydrogen-bond donors (Lipinski definition) is 0. The first kappa shape index (κ1) is 12.8. The van der Waals surface area contributed by atoms with E-state index in [-0.39, 0.29) is 6.54 Å². The number of ketones is 1. The van der Waals surface area contributed by atoms with Crippen LogP contribution in [0.2, 0.25) is 0 Å². The highest BCUT2D eigenvalue weighted by molar-refractivity contribution is 5.99. The summed E-state index contributed by atoms with van der Waals surface area (Å²) in [5, 5.41) is 0. The Kier molecular flexibility index (Phi) is 5.12. The zero-order valence-corrected chi connectivity index (χ0v) is 9.82. The Morgan fingerprint density at radius 1 is 1.25 bits per heavy atom. The van der Waals surface area contributed by atoms with Crippen LogP contribution >= 0.6 is 0 Å². The first-order chi connectivity index (χ1) is 7.69. The second-order valence-electron chi connectivity index (χ2n) is 3.68. The van der Waals surface area contributed by atoms with Crippen molar-refractivity contribution in [2.75, 3.05) is 19.6 Å². The molecule has 1 unspecified atom stereocenters. The van der Waals surface area contributed by atoms with Gasteiger partial charge in [-0.1, -0.05) is 44.2 Å². The lowest BCUT2D eigenvalue weighted by atomic mass is 10.1. The summed E-state index contributed by atoms with van der Waals surface area (Å²) in [4.78, 5) is 13.6. The van der Waals surface area contributed by atoms with Crippen molar-refractivity contribution in [3.63, 3.8) is 0 Å². The van der Waals surface area contributed by atoms with Crippen LogP contribution in [0.15, 0.2) is 30.3 Å². The smallest absolute Gasteiger partial charge is 0.198 e. The number of benzene rings is 1. The van der Waals surface area contributed by atoms with Crippen molar-refractivity contribution in [1.29, 1.82) is 0 Å². The molecular formula is C13H18FNO. The summed E-state index contributed by atoms with van der Waals surface area (Å²) in [5.41, 5.74) is 0.446. The van der Waals surface area contributed by atoms with Gasteiger partial charge in [-0.25, -0.2) is 4.39 Å². The SMILES string of the molecule is CCN(CC)CC(F)C(=O)c1ccccc1. The maximum absolute atomic E-state index is 13.7. The van der Waals surface area contributed by atoms with Gasteiger partial charge in [0.25, 0.3) is 0 Å². The molecule has 0 N–H and O–H groups in total. The van der Waals surface area contributed by atoms with Crippen LogP contribution in [0.25, 0.3) is 0 Å². The van der Waals surface area contributed by atoms with Crippen LogP contribution in [0.1, 0.15) is 24.2 Å². The van der Waals surface area contributed by atoms with Crippen molar-refractivity contribution in [3.05, 3.63) is 35.9 Å². The van der Waals surface area contributed by atoms with Crippen LogP contribution in [0.4, 0.5) is 4.39 Å². The topological polar surface area (TPSA) is 20.3 Å². The van der Waals surface area contributed by atoms with Gasteiger partial charge >= 0.3 is 0 Å². The summed E-state index contributed by atoms with van der Waals surface area (Å²) in [6.07, 6.45) is -1.43. The standard InChI is InChI=1S/C13H18FNO/c1-3-15(4-2)10-12(14)13(16)11-8-6-5-7-9-11/h5-9,12H,3-4,10H2,1-2H3. The number of halogens is 1. The molecule has 3 heteroatoms. The highest BCUT2D eigenvalue weighted by Crippen LogP contribution is 2.07. The van der Waals surface area contributed by atoms with Crippen molar-refractivity contribution in [2.24, 2.45) is 0 Å². The van der Waals surface area contributed by atoms with E-state index in [0.29, 0.717) is 5.56 Å². The molecule has 0 bridgehead atoms. The molecule has 0 saturated heterocycles. The van der Waals surface area contributed by atoms with E-state index in [0.717, 1.165) is 13.1 Å². The van der Waals surface area contributed by atoms with Crippen molar-refractivity contribution in [1.82, 2.24) is 4.90 Å². The summed E-state index contributed by atoms with van der Waals surface area (Å²) in [6.45, 7) is 5.63. The van der Waals surface area contributed by atoms with E-state index in [1.54, 1.807) is 24.3 Å². The molecule has 0 fully saturated rings. The summed E-state index contributed by atoms with van der Waals surface area (Å²) >= 11 is 0. The van der Waals surface area contributed by atoms with Crippen LogP contribution in [-0.4, -0.2) is 36.5 Å². The summed E-state index contributed by atoms with van der Waals surface area (Å²) in [6, 6.07) is 8.61. The van der Waals surface area contributed by atoms with Gasteiger partial charge < -0.3 is 4.90 Å². The number of rotatable bonds is 6. The fraction of sp³-hybridized carbons (Fsp3) is 0.462. The average Bonchev–Trinajstić information content (AvgIpc) is 2.35. The normalized spacial score (nSPS) is 12.8. The van der Waals surface area contributed by atoms with E-state index in [4.69, 9.17) is 0 Å². The highest BCUT2D eigenvalue weighted by Gasteiger charge is 2.20. The third-order valence-corrected chi connectivity index (χ3v) is 2.66. The first-order valence-electron chi connectivity index (χ1n) is 5.64. The Bertz CT molecular complexity index is 322. The van der Waals surface area contributed by atoms with Gasteiger partial charge in [0, 0.05) is 12.1 Å². The number of carbonyl (C=O) groups is 1. The molecule has 0 spiro atoms. The Morgan fingerprint density at radius 2 is 1.81 bits per heavy atom. The quantitative estimate of drug-likeness (QED) is 0.691. The number of carbonyl (C=O) groups excluding carboxylic acids is 1. The molecule has 2 nitrogen and oxygen atoms in total. The largest absolute Gasteiger partial charge is 0.301 e. The van der Waals surface area contributed by atoms with Gasteiger partial charge in [-0.2, -0.15) is 0 Å². The zero-order chi connectivity index (χ0) is 12.0. The molecule has 1 aromatic carbocycles. The van der Waals surface area contributed by atoms with Crippen LogP contribution in [-0.2, 0) is 0 Å². The van der Waals surface area contributed by atoms with Gasteiger partial charge in [-0.15, -0.1) is 0 Å². The lowest BCUT2D eigenvalue weighted by molar-refractivity contribution is 0.0829. The molecule has 0 saturated carbocycles. The van der Waals surface area contributed by atoms with E-state index >= 15 is 0 Å². The molecule has 1 rings (SSSR count). The number of nitrogens with zero attached hydrogens (tertiary/aromatic N) is 1. The molecule has 0 aliphatic rings. The molecule has 16 heavy (non-hydrogen) atoms. The summed E-state index contributed by atoms with van der Waals surface area (Å²) < 4.78 is 13.7. The minimum Gasteiger partial charge on any atom is -0.301 e. The third-order valence-electron chi connectivity index (χ3n) is 2.66. The highest BCUT2D eigenvalue weighted by atomic mass is 19.1. The predicted octanol–water partition coefficient (Wildman–Crippen LogP) is 2.55. The van der Waals surface area contributed by atoms with E-state index in [2.05, 4.69) is 0 Å². The predicted molar refractivity (Wildman–Crippen MR) is 63.5 cm³/mol. The van der Waals surface area contributed by atoms with Gasteiger partial charge in [0.1, 0.15) is 0 Å². The molecule has 1 aromatic rings. The maximum Gasteiger partial charge on any atom is 0.198 e. The van der Waals surface area contributed by atoms with E-state index in [1.165, 1.54) is 0 Å². The van der Waals surface area contributed by atoms with Gasteiger partial charge in [-0.3, -0.25) is 4.79 Å². The van der Waals surface area contributed by atoms with Gasteiger partial charge in [0.05, 0.1) is 0 Å². The van der Waals surface area contributed by atoms with Crippen molar-refractivity contribution in [2.45, 2.75) is 20.0 Å². The van der Waals surface area contributed by atoms with Crippen LogP contribution < -0.4 is 0 Å². The Hall–Kier alpha value is -1.22. The van der Waals surface area contributed by atoms with Crippen LogP contribution in [0, 0.1) is 0 Å². The molecule has 0 aromatic heterocycles. The van der Waals surface area contributed by atoms with Gasteiger partial charge in [0.2, 0.25) is 0 Å². The zero-order valence-electron chi connectivity index (χ0n) is 9.82. The fourth-order valence-electron chi connectivity index (χ4n) is 1.57. The second kappa shape index (κ2) is 6.38. The lowest BCUT2D eigenvalue weighted by Gasteiger charge is -2.19. The first-order valence-corrected chi connectivity index (χ1v) is 5.64. The minimum atomic E-state index is -1.43. The molecule has 1 atom stereocenters. The molecule has 0 amide bonds. The Labute approximate surface area is 96.1 Å². The van der Waals surface area contributed by atoms with Crippen molar-refractivity contribution >= 4 is 5.78 Å². The number of Topliss-reactive ketones (excluding diaryl/α,β-unsaturated/α-hetero) is 1. The minimum absolute atomic E-state index is 0.181. The van der Waals surface area contributed by atoms with Crippen LogP contribution in [0.3, 0.4) is 0 Å². The second-order valence-corrected chi connectivity index (χ2v) is 3.68. The fourth-order valence-corrected chi connectivity index (χ4v) is 1.57. The number of alkyl halides is 1. The molecule has 88 valence electrons. The monoisotopic (exact) mass is 223 g/mol. The van der Waals surface area contributed by atoms with Gasteiger partial charge in [-0.05, 0) is 13.1 Å². The molecule has 0 aliphatic heterocycles. The van der Waals surface area contributed by atoms with E-state index in [9.17, 15) is 9.18 Å². The third kappa shape index (κ3) is 3.42. The lowest BCUT2D eigenvalue weighted by Crippen LogP contribution is -2.34. The van der Waals surface area contributed by atoms with E-state index in [1.807, 2.05) is 24.8 Å². The Morgan fingerprint density at radius 3 is 2.31 bits per heavy atom. The van der Waals surface area contributed by atoms with Crippen LogP contribution in [0.5, 0.6) is 0 Å². The average molecular weight is 223 g/mol.